The van der Waals surface area contributed by atoms with E-state index in [-0.39, 0.29) is 0 Å². The Kier molecular flexibility index (Phi) is 5.35. The lowest BCUT2D eigenvalue weighted by atomic mass is 10.1. The van der Waals surface area contributed by atoms with Crippen molar-refractivity contribution in [2.75, 3.05) is 11.9 Å². The van der Waals surface area contributed by atoms with Crippen LogP contribution in [0.2, 0.25) is 0 Å². The minimum atomic E-state index is 0.496. The molecule has 0 bridgehead atoms. The number of rotatable bonds is 4. The average molecular weight is 282 g/mol. The summed E-state index contributed by atoms with van der Waals surface area (Å²) in [5.74, 6) is 6.56. The molecule has 0 radical (unpaired) electrons. The molecule has 4 heteroatoms. The number of anilines is 1. The quantitative estimate of drug-likeness (QED) is 0.349. The summed E-state index contributed by atoms with van der Waals surface area (Å²) in [5.41, 5.74) is 5.93. The molecule has 0 saturated carbocycles. The summed E-state index contributed by atoms with van der Waals surface area (Å²) in [6, 6.07) is 18.5. The maximum Gasteiger partial charge on any atom is 0.210 e. The second-order valence-electron chi connectivity index (χ2n) is 5.30. The molecule has 4 nitrogen and oxygen atoms in total. The summed E-state index contributed by atoms with van der Waals surface area (Å²) in [6.07, 6.45) is 0. The number of benzene rings is 2. The Hall–Kier alpha value is -2.33. The van der Waals surface area contributed by atoms with Crippen LogP contribution in [0.15, 0.2) is 59.6 Å². The number of nitrogens with two attached hydrogens (primary N) is 1. The molecule has 0 spiro atoms. The van der Waals surface area contributed by atoms with Gasteiger partial charge in [-0.25, -0.2) is 5.84 Å². The first kappa shape index (κ1) is 15.1. The van der Waals surface area contributed by atoms with E-state index in [4.69, 9.17) is 5.84 Å². The Bertz CT molecular complexity index is 573. The number of hydrogen-bond donors (Lipinski definition) is 3. The van der Waals surface area contributed by atoms with Crippen LogP contribution in [0.25, 0.3) is 11.1 Å². The van der Waals surface area contributed by atoms with Gasteiger partial charge in [-0.05, 0) is 29.2 Å². The van der Waals surface area contributed by atoms with Crippen molar-refractivity contribution in [3.8, 4) is 11.1 Å². The number of hydrazine groups is 1. The van der Waals surface area contributed by atoms with Crippen molar-refractivity contribution in [3.05, 3.63) is 54.6 Å². The second-order valence-corrected chi connectivity index (χ2v) is 5.30. The van der Waals surface area contributed by atoms with Crippen molar-refractivity contribution in [1.82, 2.24) is 5.43 Å². The van der Waals surface area contributed by atoms with Crippen molar-refractivity contribution in [3.63, 3.8) is 0 Å². The van der Waals surface area contributed by atoms with Gasteiger partial charge in [0, 0.05) is 12.2 Å². The van der Waals surface area contributed by atoms with Gasteiger partial charge in [0.15, 0.2) is 0 Å². The summed E-state index contributed by atoms with van der Waals surface area (Å²) in [5, 5.41) is 3.18. The lowest BCUT2D eigenvalue weighted by Gasteiger charge is -2.10. The van der Waals surface area contributed by atoms with Crippen molar-refractivity contribution in [2.24, 2.45) is 16.8 Å². The van der Waals surface area contributed by atoms with Crippen LogP contribution in [0.5, 0.6) is 0 Å². The first-order chi connectivity index (χ1) is 10.2. The van der Waals surface area contributed by atoms with Gasteiger partial charge in [0.1, 0.15) is 0 Å². The number of guanidine groups is 1. The molecular formula is C17H22N4. The molecule has 2 rings (SSSR count). The number of nitrogens with zero attached hydrogens (tertiary/aromatic N) is 1. The molecule has 0 heterocycles. The molecule has 4 N–H and O–H groups in total. The zero-order valence-electron chi connectivity index (χ0n) is 12.5. The first-order valence-corrected chi connectivity index (χ1v) is 7.12. The molecular weight excluding hydrogens is 260 g/mol. The standard InChI is InChI=1S/C17H22N4/c1-13(2)12-19-17(21-18)20-16-10-8-15(9-11-16)14-6-4-3-5-7-14/h3-11,13H,12,18H2,1-2H3,(H2,19,20,21). The zero-order valence-corrected chi connectivity index (χ0v) is 12.5. The van der Waals surface area contributed by atoms with E-state index in [1.807, 2.05) is 30.3 Å². The maximum absolute atomic E-state index is 5.48. The zero-order chi connectivity index (χ0) is 15.1. The van der Waals surface area contributed by atoms with E-state index in [9.17, 15) is 0 Å². The number of aliphatic imine (C=N–C) groups is 1. The van der Waals surface area contributed by atoms with E-state index in [0.717, 1.165) is 12.2 Å². The highest BCUT2D eigenvalue weighted by molar-refractivity contribution is 5.93. The van der Waals surface area contributed by atoms with Crippen molar-refractivity contribution in [2.45, 2.75) is 13.8 Å². The van der Waals surface area contributed by atoms with Gasteiger partial charge in [0.05, 0.1) is 0 Å². The largest absolute Gasteiger partial charge is 0.325 e. The summed E-state index contributed by atoms with van der Waals surface area (Å²) < 4.78 is 0. The third-order valence-electron chi connectivity index (χ3n) is 3.01. The van der Waals surface area contributed by atoms with Crippen LogP contribution in [-0.2, 0) is 0 Å². The van der Waals surface area contributed by atoms with Crippen molar-refractivity contribution < 1.29 is 0 Å². The molecule has 2 aromatic carbocycles. The van der Waals surface area contributed by atoms with Gasteiger partial charge in [-0.1, -0.05) is 56.3 Å². The highest BCUT2D eigenvalue weighted by Crippen LogP contribution is 2.20. The predicted molar refractivity (Wildman–Crippen MR) is 90.0 cm³/mol. The Morgan fingerprint density at radius 1 is 1.00 bits per heavy atom. The fourth-order valence-electron chi connectivity index (χ4n) is 1.91. The molecule has 0 aliphatic carbocycles. The maximum atomic E-state index is 5.48. The summed E-state index contributed by atoms with van der Waals surface area (Å²) in [7, 11) is 0. The average Bonchev–Trinajstić information content (AvgIpc) is 2.52. The Morgan fingerprint density at radius 2 is 1.62 bits per heavy atom. The highest BCUT2D eigenvalue weighted by Gasteiger charge is 2.00. The first-order valence-electron chi connectivity index (χ1n) is 7.12. The second kappa shape index (κ2) is 7.45. The lowest BCUT2D eigenvalue weighted by molar-refractivity contribution is 0.663. The van der Waals surface area contributed by atoms with Gasteiger partial charge in [-0.2, -0.15) is 0 Å². The van der Waals surface area contributed by atoms with E-state index >= 15 is 0 Å². The van der Waals surface area contributed by atoms with Gasteiger partial charge >= 0.3 is 0 Å². The van der Waals surface area contributed by atoms with E-state index in [2.05, 4.69) is 53.8 Å². The Morgan fingerprint density at radius 3 is 2.19 bits per heavy atom. The van der Waals surface area contributed by atoms with E-state index in [0.29, 0.717) is 11.9 Å². The van der Waals surface area contributed by atoms with Gasteiger partial charge < -0.3 is 5.32 Å². The Labute approximate surface area is 126 Å². The number of nitrogens with one attached hydrogen (secondary N) is 2. The monoisotopic (exact) mass is 282 g/mol. The molecule has 0 saturated heterocycles. The van der Waals surface area contributed by atoms with Crippen LogP contribution in [0.3, 0.4) is 0 Å². The third kappa shape index (κ3) is 4.61. The van der Waals surface area contributed by atoms with Crippen LogP contribution in [0.4, 0.5) is 5.69 Å². The SMILES string of the molecule is CC(C)CN=C(NN)Nc1ccc(-c2ccccc2)cc1. The molecule has 110 valence electrons. The molecule has 0 aliphatic rings. The third-order valence-corrected chi connectivity index (χ3v) is 3.01. The molecule has 0 fully saturated rings. The molecule has 0 atom stereocenters. The highest BCUT2D eigenvalue weighted by atomic mass is 15.3. The lowest BCUT2D eigenvalue weighted by Crippen LogP contribution is -2.36. The fourth-order valence-corrected chi connectivity index (χ4v) is 1.91. The smallest absolute Gasteiger partial charge is 0.210 e. The topological polar surface area (TPSA) is 62.4 Å². The number of hydrogen-bond acceptors (Lipinski definition) is 2. The van der Waals surface area contributed by atoms with E-state index in [1.54, 1.807) is 0 Å². The van der Waals surface area contributed by atoms with Gasteiger partial charge in [-0.15, -0.1) is 0 Å². The van der Waals surface area contributed by atoms with Gasteiger partial charge in [0.25, 0.3) is 0 Å². The molecule has 0 unspecified atom stereocenters. The molecule has 0 aromatic heterocycles. The minimum Gasteiger partial charge on any atom is -0.325 e. The molecule has 2 aromatic rings. The van der Waals surface area contributed by atoms with Crippen LogP contribution in [-0.4, -0.2) is 12.5 Å². The normalized spacial score (nSPS) is 11.5. The Balaban J connectivity index is 2.07. The summed E-state index contributed by atoms with van der Waals surface area (Å²) in [6.45, 7) is 4.97. The van der Waals surface area contributed by atoms with Gasteiger partial charge in [0.2, 0.25) is 5.96 Å². The molecule has 21 heavy (non-hydrogen) atoms. The molecule has 0 amide bonds. The van der Waals surface area contributed by atoms with Crippen LogP contribution >= 0.6 is 0 Å². The van der Waals surface area contributed by atoms with E-state index < -0.39 is 0 Å². The van der Waals surface area contributed by atoms with Gasteiger partial charge in [-0.3, -0.25) is 10.4 Å². The van der Waals surface area contributed by atoms with Crippen molar-refractivity contribution >= 4 is 11.6 Å². The van der Waals surface area contributed by atoms with Crippen LogP contribution in [0.1, 0.15) is 13.8 Å². The predicted octanol–water partition coefficient (Wildman–Crippen LogP) is 3.24. The minimum absolute atomic E-state index is 0.496. The van der Waals surface area contributed by atoms with Crippen LogP contribution in [0, 0.1) is 5.92 Å². The fraction of sp³-hybridized carbons (Fsp3) is 0.235. The summed E-state index contributed by atoms with van der Waals surface area (Å²) in [4.78, 5) is 4.39. The van der Waals surface area contributed by atoms with E-state index in [1.165, 1.54) is 11.1 Å². The summed E-state index contributed by atoms with van der Waals surface area (Å²) >= 11 is 0. The van der Waals surface area contributed by atoms with Crippen molar-refractivity contribution in [1.29, 1.82) is 0 Å². The van der Waals surface area contributed by atoms with Crippen LogP contribution < -0.4 is 16.6 Å². The molecule has 0 aliphatic heterocycles.